The van der Waals surface area contributed by atoms with Crippen molar-refractivity contribution in [2.45, 2.75) is 19.6 Å². The first-order valence-corrected chi connectivity index (χ1v) is 8.93. The summed E-state index contributed by atoms with van der Waals surface area (Å²) in [6.45, 7) is 5.13. The van der Waals surface area contributed by atoms with Gasteiger partial charge in [0.2, 0.25) is 0 Å². The molecule has 1 aliphatic rings. The van der Waals surface area contributed by atoms with Gasteiger partial charge in [0.15, 0.2) is 5.96 Å². The minimum atomic E-state index is -0.390. The quantitative estimate of drug-likeness (QED) is 0.372. The SMILES string of the molecule is CCNC(=NCc1cccc([N+](=O)[O-])c1)N1CCOC(c2cnn(C)c2)C1. The summed E-state index contributed by atoms with van der Waals surface area (Å²) in [6, 6.07) is 6.57. The number of ether oxygens (including phenoxy) is 1. The molecule has 144 valence electrons. The number of nitro benzene ring substituents is 1. The number of aliphatic imine (C=N–C) groups is 1. The number of hydrogen-bond donors (Lipinski definition) is 1. The topological polar surface area (TPSA) is 97.8 Å². The van der Waals surface area contributed by atoms with Gasteiger partial charge in [0, 0.05) is 44.0 Å². The summed E-state index contributed by atoms with van der Waals surface area (Å²) in [4.78, 5) is 17.4. The molecule has 1 saturated heterocycles. The minimum Gasteiger partial charge on any atom is -0.370 e. The summed E-state index contributed by atoms with van der Waals surface area (Å²) in [5.74, 6) is 0.779. The number of nitro groups is 1. The molecule has 2 aromatic rings. The van der Waals surface area contributed by atoms with Gasteiger partial charge in [0.05, 0.1) is 30.8 Å². The van der Waals surface area contributed by atoms with Crippen molar-refractivity contribution in [2.24, 2.45) is 12.0 Å². The molecule has 1 aliphatic heterocycles. The molecule has 1 N–H and O–H groups in total. The molecule has 1 atom stereocenters. The maximum Gasteiger partial charge on any atom is 0.269 e. The van der Waals surface area contributed by atoms with E-state index < -0.39 is 0 Å². The maximum absolute atomic E-state index is 10.9. The third-order valence-electron chi connectivity index (χ3n) is 4.33. The second-order valence-electron chi connectivity index (χ2n) is 6.35. The minimum absolute atomic E-state index is 0.0610. The molecule has 0 saturated carbocycles. The molecule has 9 heteroatoms. The Morgan fingerprint density at radius 2 is 2.37 bits per heavy atom. The van der Waals surface area contributed by atoms with Gasteiger partial charge in [-0.1, -0.05) is 12.1 Å². The first-order valence-electron chi connectivity index (χ1n) is 8.93. The van der Waals surface area contributed by atoms with Gasteiger partial charge in [0.1, 0.15) is 6.10 Å². The van der Waals surface area contributed by atoms with Crippen LogP contribution in [0.4, 0.5) is 5.69 Å². The number of aromatic nitrogens is 2. The number of guanidine groups is 1. The molecule has 0 amide bonds. The lowest BCUT2D eigenvalue weighted by atomic mass is 10.1. The number of rotatable bonds is 5. The summed E-state index contributed by atoms with van der Waals surface area (Å²) < 4.78 is 7.65. The summed E-state index contributed by atoms with van der Waals surface area (Å²) in [5, 5.41) is 18.5. The Morgan fingerprint density at radius 1 is 1.52 bits per heavy atom. The van der Waals surface area contributed by atoms with E-state index in [0.717, 1.165) is 30.2 Å². The van der Waals surface area contributed by atoms with E-state index in [1.807, 2.05) is 32.4 Å². The number of aryl methyl sites for hydroxylation is 1. The van der Waals surface area contributed by atoms with Gasteiger partial charge >= 0.3 is 0 Å². The number of benzene rings is 1. The van der Waals surface area contributed by atoms with Crippen LogP contribution >= 0.6 is 0 Å². The predicted molar refractivity (Wildman–Crippen MR) is 101 cm³/mol. The van der Waals surface area contributed by atoms with Crippen LogP contribution in [0, 0.1) is 10.1 Å². The fourth-order valence-corrected chi connectivity index (χ4v) is 3.01. The summed E-state index contributed by atoms with van der Waals surface area (Å²) >= 11 is 0. The summed E-state index contributed by atoms with van der Waals surface area (Å²) in [5.41, 5.74) is 1.92. The first-order chi connectivity index (χ1) is 13.1. The van der Waals surface area contributed by atoms with E-state index in [-0.39, 0.29) is 16.7 Å². The summed E-state index contributed by atoms with van der Waals surface area (Å²) in [6.07, 6.45) is 3.72. The van der Waals surface area contributed by atoms with Crippen molar-refractivity contribution >= 4 is 11.6 Å². The summed E-state index contributed by atoms with van der Waals surface area (Å²) in [7, 11) is 1.88. The molecular formula is C18H24N6O3. The molecule has 2 heterocycles. The van der Waals surface area contributed by atoms with Crippen molar-refractivity contribution in [3.63, 3.8) is 0 Å². The van der Waals surface area contributed by atoms with Crippen LogP contribution in [0.25, 0.3) is 0 Å². The molecule has 9 nitrogen and oxygen atoms in total. The highest BCUT2D eigenvalue weighted by Crippen LogP contribution is 2.22. The maximum atomic E-state index is 10.9. The Hall–Kier alpha value is -2.94. The van der Waals surface area contributed by atoms with E-state index in [1.165, 1.54) is 6.07 Å². The first kappa shape index (κ1) is 18.8. The highest BCUT2D eigenvalue weighted by atomic mass is 16.6. The fraction of sp³-hybridized carbons (Fsp3) is 0.444. The Labute approximate surface area is 157 Å². The van der Waals surface area contributed by atoms with Gasteiger partial charge in [-0.2, -0.15) is 5.10 Å². The van der Waals surface area contributed by atoms with Crippen LogP contribution in [0.15, 0.2) is 41.7 Å². The van der Waals surface area contributed by atoms with Gasteiger partial charge in [-0.3, -0.25) is 14.8 Å². The van der Waals surface area contributed by atoms with Gasteiger partial charge in [0.25, 0.3) is 5.69 Å². The van der Waals surface area contributed by atoms with Gasteiger partial charge in [-0.15, -0.1) is 0 Å². The van der Waals surface area contributed by atoms with E-state index in [9.17, 15) is 10.1 Å². The smallest absolute Gasteiger partial charge is 0.269 e. The molecule has 0 spiro atoms. The lowest BCUT2D eigenvalue weighted by molar-refractivity contribution is -0.384. The number of non-ortho nitro benzene ring substituents is 1. The second-order valence-corrected chi connectivity index (χ2v) is 6.35. The van der Waals surface area contributed by atoms with Crippen molar-refractivity contribution in [1.29, 1.82) is 0 Å². The third kappa shape index (κ3) is 4.82. The van der Waals surface area contributed by atoms with Crippen LogP contribution in [-0.2, 0) is 18.3 Å². The fourth-order valence-electron chi connectivity index (χ4n) is 3.01. The average molecular weight is 372 g/mol. The standard InChI is InChI=1S/C18H24N6O3/c1-3-19-18(20-10-14-5-4-6-16(9-14)24(25)26)23-7-8-27-17(13-23)15-11-21-22(2)12-15/h4-6,9,11-12,17H,3,7-8,10,13H2,1-2H3,(H,19,20). The molecule has 0 bridgehead atoms. The van der Waals surface area contributed by atoms with E-state index in [2.05, 4.69) is 20.3 Å². The molecule has 1 unspecified atom stereocenters. The lowest BCUT2D eigenvalue weighted by Gasteiger charge is -2.34. The zero-order chi connectivity index (χ0) is 19.2. The van der Waals surface area contributed by atoms with Crippen LogP contribution in [0.1, 0.15) is 24.2 Å². The molecule has 1 fully saturated rings. The highest BCUT2D eigenvalue weighted by molar-refractivity contribution is 5.80. The van der Waals surface area contributed by atoms with E-state index >= 15 is 0 Å². The van der Waals surface area contributed by atoms with Gasteiger partial charge in [-0.05, 0) is 12.5 Å². The zero-order valence-electron chi connectivity index (χ0n) is 15.5. The number of nitrogens with zero attached hydrogens (tertiary/aromatic N) is 5. The average Bonchev–Trinajstić information content (AvgIpc) is 3.12. The second kappa shape index (κ2) is 8.63. The molecular weight excluding hydrogens is 348 g/mol. The predicted octanol–water partition coefficient (Wildman–Crippen LogP) is 1.87. The number of nitrogens with one attached hydrogen (secondary N) is 1. The molecule has 1 aromatic carbocycles. The number of morpholine rings is 1. The van der Waals surface area contributed by atoms with Crippen LogP contribution < -0.4 is 5.32 Å². The zero-order valence-corrected chi connectivity index (χ0v) is 15.5. The molecule has 0 aliphatic carbocycles. The van der Waals surface area contributed by atoms with E-state index in [0.29, 0.717) is 19.7 Å². The Kier molecular flexibility index (Phi) is 6.02. The van der Waals surface area contributed by atoms with Crippen molar-refractivity contribution in [3.05, 3.63) is 57.9 Å². The van der Waals surface area contributed by atoms with E-state index in [4.69, 9.17) is 4.74 Å². The monoisotopic (exact) mass is 372 g/mol. The number of hydrogen-bond acceptors (Lipinski definition) is 5. The van der Waals surface area contributed by atoms with Crippen LogP contribution in [0.2, 0.25) is 0 Å². The molecule has 27 heavy (non-hydrogen) atoms. The molecule has 1 aromatic heterocycles. The van der Waals surface area contributed by atoms with Crippen LogP contribution in [0.5, 0.6) is 0 Å². The normalized spacial score (nSPS) is 17.8. The molecule has 0 radical (unpaired) electrons. The van der Waals surface area contributed by atoms with Crippen molar-refractivity contribution in [3.8, 4) is 0 Å². The Bertz CT molecular complexity index is 819. The van der Waals surface area contributed by atoms with Crippen molar-refractivity contribution < 1.29 is 9.66 Å². The Morgan fingerprint density at radius 3 is 3.07 bits per heavy atom. The van der Waals surface area contributed by atoms with Crippen molar-refractivity contribution in [1.82, 2.24) is 20.0 Å². The molecule has 3 rings (SSSR count). The largest absolute Gasteiger partial charge is 0.370 e. The Balaban J connectivity index is 1.73. The van der Waals surface area contributed by atoms with E-state index in [1.54, 1.807) is 16.8 Å². The van der Waals surface area contributed by atoms with Gasteiger partial charge < -0.3 is 15.0 Å². The highest BCUT2D eigenvalue weighted by Gasteiger charge is 2.25. The lowest BCUT2D eigenvalue weighted by Crippen LogP contribution is -2.48. The van der Waals surface area contributed by atoms with Gasteiger partial charge in [-0.25, -0.2) is 4.99 Å². The van der Waals surface area contributed by atoms with Crippen LogP contribution in [-0.4, -0.2) is 51.8 Å². The third-order valence-corrected chi connectivity index (χ3v) is 4.33. The van der Waals surface area contributed by atoms with Crippen molar-refractivity contribution in [2.75, 3.05) is 26.2 Å². The van der Waals surface area contributed by atoms with Crippen LogP contribution in [0.3, 0.4) is 0 Å².